The smallest absolute Gasteiger partial charge is 0.160 e. The largest absolute Gasteiger partial charge is 0.446 e. The van der Waals surface area contributed by atoms with E-state index < -0.39 is 5.51 Å². The number of benzene rings is 1. The lowest BCUT2D eigenvalue weighted by Crippen LogP contribution is -1.99. The Morgan fingerprint density at radius 3 is 2.50 bits per heavy atom. The Morgan fingerprint density at radius 1 is 1.36 bits per heavy atom. The normalized spacial score (nSPS) is 11.8. The van der Waals surface area contributed by atoms with Crippen LogP contribution in [0.2, 0.25) is 5.02 Å². The van der Waals surface area contributed by atoms with E-state index in [0.717, 1.165) is 5.56 Å². The lowest BCUT2D eigenvalue weighted by molar-refractivity contribution is -0.0328. The quantitative estimate of drug-likeness (QED) is 0.556. The fourth-order valence-corrected chi connectivity index (χ4v) is 2.04. The molecule has 0 aliphatic heterocycles. The summed E-state index contributed by atoms with van der Waals surface area (Å²) in [6.07, 6.45) is 0. The maximum absolute atomic E-state index is 12.0. The van der Waals surface area contributed by atoms with Crippen LogP contribution in [0.15, 0.2) is 23.1 Å². The van der Waals surface area contributed by atoms with E-state index in [9.17, 15) is 13.2 Å². The van der Waals surface area contributed by atoms with Crippen LogP contribution in [0, 0.1) is 0 Å². The third-order valence-corrected chi connectivity index (χ3v) is 3.25. The molecule has 0 nitrogen and oxygen atoms in total. The Balaban J connectivity index is 2.95. The maximum atomic E-state index is 12.0. The molecule has 0 N–H and O–H groups in total. The summed E-state index contributed by atoms with van der Waals surface area (Å²) in [6, 6.07) is 4.57. The molecule has 78 valence electrons. The molecule has 0 aliphatic carbocycles. The molecule has 1 aromatic carbocycles. The van der Waals surface area contributed by atoms with Crippen LogP contribution in [0.3, 0.4) is 0 Å². The van der Waals surface area contributed by atoms with E-state index in [0.29, 0.717) is 5.33 Å². The first-order chi connectivity index (χ1) is 6.42. The summed E-state index contributed by atoms with van der Waals surface area (Å²) >= 11 is 8.59. The highest BCUT2D eigenvalue weighted by Crippen LogP contribution is 2.40. The second-order valence-corrected chi connectivity index (χ2v) is 4.52. The topological polar surface area (TPSA) is 0 Å². The molecule has 1 aromatic rings. The van der Waals surface area contributed by atoms with E-state index in [-0.39, 0.29) is 21.7 Å². The summed E-state index contributed by atoms with van der Waals surface area (Å²) < 4.78 is 36.1. The maximum Gasteiger partial charge on any atom is 0.446 e. The predicted molar refractivity (Wildman–Crippen MR) is 56.0 cm³/mol. The van der Waals surface area contributed by atoms with Gasteiger partial charge >= 0.3 is 5.51 Å². The van der Waals surface area contributed by atoms with Crippen LogP contribution in [0.5, 0.6) is 0 Å². The third-order valence-electron chi connectivity index (χ3n) is 1.38. The summed E-state index contributed by atoms with van der Waals surface area (Å²) in [6.45, 7) is 0. The molecule has 0 amide bonds. The first-order valence-corrected chi connectivity index (χ1v) is 5.84. The van der Waals surface area contributed by atoms with E-state index in [2.05, 4.69) is 15.9 Å². The van der Waals surface area contributed by atoms with Crippen molar-refractivity contribution in [2.45, 2.75) is 15.7 Å². The van der Waals surface area contributed by atoms with Gasteiger partial charge in [-0.3, -0.25) is 0 Å². The van der Waals surface area contributed by atoms with Gasteiger partial charge in [-0.05, 0) is 29.5 Å². The summed E-state index contributed by atoms with van der Waals surface area (Å²) in [4.78, 5) is 0.0381. The Bertz CT molecular complexity index is 327. The van der Waals surface area contributed by atoms with Gasteiger partial charge in [0.25, 0.3) is 0 Å². The van der Waals surface area contributed by atoms with Gasteiger partial charge in [-0.1, -0.05) is 33.6 Å². The van der Waals surface area contributed by atoms with Gasteiger partial charge < -0.3 is 0 Å². The average Bonchev–Trinajstić information content (AvgIpc) is 2.06. The fraction of sp³-hybridized carbons (Fsp3) is 0.250. The van der Waals surface area contributed by atoms with Crippen molar-refractivity contribution in [3.63, 3.8) is 0 Å². The van der Waals surface area contributed by atoms with E-state index in [1.807, 2.05) is 0 Å². The van der Waals surface area contributed by atoms with Crippen LogP contribution in [0.25, 0.3) is 0 Å². The molecular weight excluding hydrogens is 301 g/mol. The molecule has 14 heavy (non-hydrogen) atoms. The SMILES string of the molecule is FC(F)(F)Sc1cc(CBr)ccc1Cl. The lowest BCUT2D eigenvalue weighted by atomic mass is 10.2. The van der Waals surface area contributed by atoms with Crippen LogP contribution in [-0.2, 0) is 5.33 Å². The van der Waals surface area contributed by atoms with Crippen LogP contribution < -0.4 is 0 Å². The highest BCUT2D eigenvalue weighted by molar-refractivity contribution is 9.08. The molecule has 6 heteroatoms. The van der Waals surface area contributed by atoms with Gasteiger partial charge in [-0.25, -0.2) is 0 Å². The van der Waals surface area contributed by atoms with Gasteiger partial charge in [-0.15, -0.1) is 0 Å². The highest BCUT2D eigenvalue weighted by atomic mass is 79.9. The molecule has 0 radical (unpaired) electrons. The summed E-state index contributed by atoms with van der Waals surface area (Å²) in [7, 11) is 0. The van der Waals surface area contributed by atoms with Crippen molar-refractivity contribution in [2.24, 2.45) is 0 Å². The zero-order valence-corrected chi connectivity index (χ0v) is 9.90. The van der Waals surface area contributed by atoms with Gasteiger partial charge in [0.1, 0.15) is 0 Å². The third kappa shape index (κ3) is 3.71. The van der Waals surface area contributed by atoms with Gasteiger partial charge in [-0.2, -0.15) is 13.2 Å². The van der Waals surface area contributed by atoms with Crippen LogP contribution in [-0.4, -0.2) is 5.51 Å². The molecule has 0 saturated carbocycles. The number of hydrogen-bond acceptors (Lipinski definition) is 1. The van der Waals surface area contributed by atoms with E-state index in [1.165, 1.54) is 12.1 Å². The molecule has 0 heterocycles. The number of hydrogen-bond donors (Lipinski definition) is 0. The molecular formula is C8H5BrClF3S. The molecule has 0 spiro atoms. The first kappa shape index (κ1) is 12.2. The van der Waals surface area contributed by atoms with Crippen molar-refractivity contribution < 1.29 is 13.2 Å². The Kier molecular flexibility index (Phi) is 4.15. The Morgan fingerprint density at radius 2 is 2.00 bits per heavy atom. The minimum Gasteiger partial charge on any atom is -0.160 e. The van der Waals surface area contributed by atoms with Gasteiger partial charge in [0.05, 0.1) is 5.02 Å². The molecule has 0 aromatic heterocycles. The monoisotopic (exact) mass is 304 g/mol. The zero-order chi connectivity index (χ0) is 10.8. The summed E-state index contributed by atoms with van der Waals surface area (Å²) in [5.74, 6) is 0. The number of thioether (sulfide) groups is 1. The Hall–Kier alpha value is 0.130. The van der Waals surface area contributed by atoms with E-state index in [4.69, 9.17) is 11.6 Å². The van der Waals surface area contributed by atoms with Crippen molar-refractivity contribution >= 4 is 39.3 Å². The zero-order valence-electron chi connectivity index (χ0n) is 6.74. The Labute approximate surface area is 97.0 Å². The second kappa shape index (κ2) is 4.77. The lowest BCUT2D eigenvalue weighted by Gasteiger charge is -2.08. The number of rotatable bonds is 2. The minimum absolute atomic E-state index is 0.0381. The van der Waals surface area contributed by atoms with Gasteiger partial charge in [0, 0.05) is 10.2 Å². The predicted octanol–water partition coefficient (Wildman–Crippen LogP) is 4.85. The van der Waals surface area contributed by atoms with Crippen molar-refractivity contribution in [3.05, 3.63) is 28.8 Å². The highest BCUT2D eigenvalue weighted by Gasteiger charge is 2.30. The van der Waals surface area contributed by atoms with Crippen molar-refractivity contribution in [1.82, 2.24) is 0 Å². The molecule has 0 bridgehead atoms. The van der Waals surface area contributed by atoms with E-state index in [1.54, 1.807) is 6.07 Å². The van der Waals surface area contributed by atoms with Crippen molar-refractivity contribution in [2.75, 3.05) is 0 Å². The molecule has 0 saturated heterocycles. The first-order valence-electron chi connectivity index (χ1n) is 3.52. The van der Waals surface area contributed by atoms with Crippen molar-refractivity contribution in [3.8, 4) is 0 Å². The van der Waals surface area contributed by atoms with E-state index >= 15 is 0 Å². The van der Waals surface area contributed by atoms with Gasteiger partial charge in [0.15, 0.2) is 0 Å². The molecule has 0 aliphatic rings. The summed E-state index contributed by atoms with van der Waals surface area (Å²) in [5, 5.41) is 0.632. The second-order valence-electron chi connectivity index (χ2n) is 2.45. The standard InChI is InChI=1S/C8H5BrClF3S/c9-4-5-1-2-6(10)7(3-5)14-8(11,12)13/h1-3H,4H2. The fourth-order valence-electron chi connectivity index (χ4n) is 0.834. The van der Waals surface area contributed by atoms with Crippen LogP contribution in [0.1, 0.15) is 5.56 Å². The summed E-state index contributed by atoms with van der Waals surface area (Å²) in [5.41, 5.74) is -3.53. The average molecular weight is 306 g/mol. The number of halogens is 5. The van der Waals surface area contributed by atoms with Crippen LogP contribution in [0.4, 0.5) is 13.2 Å². The number of alkyl halides is 4. The molecule has 0 atom stereocenters. The molecule has 0 fully saturated rings. The molecule has 1 rings (SSSR count). The van der Waals surface area contributed by atoms with Crippen LogP contribution >= 0.6 is 39.3 Å². The van der Waals surface area contributed by atoms with Gasteiger partial charge in [0.2, 0.25) is 0 Å². The molecule has 0 unspecified atom stereocenters. The van der Waals surface area contributed by atoms with Crippen molar-refractivity contribution in [1.29, 1.82) is 0 Å². The minimum atomic E-state index is -4.30.